The van der Waals surface area contributed by atoms with Gasteiger partial charge in [-0.3, -0.25) is 4.79 Å². The van der Waals surface area contributed by atoms with Crippen molar-refractivity contribution in [2.45, 2.75) is 19.3 Å². The van der Waals surface area contributed by atoms with Gasteiger partial charge >= 0.3 is 0 Å². The Labute approximate surface area is 113 Å². The molecule has 0 saturated heterocycles. The van der Waals surface area contributed by atoms with Gasteiger partial charge in [0.05, 0.1) is 7.11 Å². The zero-order valence-corrected chi connectivity index (χ0v) is 11.1. The highest BCUT2D eigenvalue weighted by Gasteiger charge is 2.67. The van der Waals surface area contributed by atoms with Crippen molar-refractivity contribution < 1.29 is 9.53 Å². The van der Waals surface area contributed by atoms with E-state index in [2.05, 4.69) is 5.32 Å². The molecule has 3 fully saturated rings. The molecule has 3 aliphatic rings. The Morgan fingerprint density at radius 3 is 2.68 bits per heavy atom. The maximum atomic E-state index is 12.4. The molecule has 5 atom stereocenters. The summed E-state index contributed by atoms with van der Waals surface area (Å²) in [5, 5.41) is 3.06. The molecule has 0 heterocycles. The maximum Gasteiger partial charge on any atom is 0.228 e. The number of fused-ring (bicyclic) bond motifs is 5. The van der Waals surface area contributed by atoms with Crippen molar-refractivity contribution >= 4 is 11.6 Å². The van der Waals surface area contributed by atoms with Crippen LogP contribution >= 0.6 is 0 Å². The summed E-state index contributed by atoms with van der Waals surface area (Å²) in [6, 6.07) is 7.60. The van der Waals surface area contributed by atoms with Crippen molar-refractivity contribution in [3.05, 3.63) is 24.3 Å². The van der Waals surface area contributed by atoms with Gasteiger partial charge in [0.15, 0.2) is 0 Å². The highest BCUT2D eigenvalue weighted by Crippen LogP contribution is 2.69. The van der Waals surface area contributed by atoms with Crippen LogP contribution in [-0.4, -0.2) is 13.0 Å². The third-order valence-corrected chi connectivity index (χ3v) is 5.38. The molecule has 100 valence electrons. The van der Waals surface area contributed by atoms with Crippen molar-refractivity contribution in [2.75, 3.05) is 12.4 Å². The van der Waals surface area contributed by atoms with Gasteiger partial charge in [0.25, 0.3) is 0 Å². The first-order valence-corrected chi connectivity index (χ1v) is 7.23. The normalized spacial score (nSPS) is 37.8. The second kappa shape index (κ2) is 3.99. The fourth-order valence-electron chi connectivity index (χ4n) is 4.60. The molecule has 3 nitrogen and oxygen atoms in total. The standard InChI is InChI=1S/C16H19NO2/c1-19-12-4-2-3-11(8-12)17-16(18)15-13-9-5-6-10(7-9)14(13)15/h2-4,8-10,13-15H,5-7H2,1H3,(H,17,18)/t9-,10-,13-,14+,15?/m1/s1. The van der Waals surface area contributed by atoms with E-state index >= 15 is 0 Å². The van der Waals surface area contributed by atoms with Crippen LogP contribution in [-0.2, 0) is 4.79 Å². The number of carbonyl (C=O) groups is 1. The number of hydrogen-bond acceptors (Lipinski definition) is 2. The molecular formula is C16H19NO2. The molecule has 0 aromatic heterocycles. The number of amides is 1. The minimum absolute atomic E-state index is 0.222. The molecule has 3 heteroatoms. The minimum atomic E-state index is 0.222. The zero-order valence-electron chi connectivity index (χ0n) is 11.1. The second-order valence-electron chi connectivity index (χ2n) is 6.23. The van der Waals surface area contributed by atoms with Crippen LogP contribution in [0, 0.1) is 29.6 Å². The van der Waals surface area contributed by atoms with Gasteiger partial charge < -0.3 is 10.1 Å². The van der Waals surface area contributed by atoms with Crippen LogP contribution in [0.2, 0.25) is 0 Å². The van der Waals surface area contributed by atoms with E-state index in [9.17, 15) is 4.79 Å². The van der Waals surface area contributed by atoms with Crippen LogP contribution in [0.15, 0.2) is 24.3 Å². The number of hydrogen-bond donors (Lipinski definition) is 1. The monoisotopic (exact) mass is 257 g/mol. The van der Waals surface area contributed by atoms with Crippen LogP contribution in [0.25, 0.3) is 0 Å². The van der Waals surface area contributed by atoms with E-state index in [4.69, 9.17) is 4.74 Å². The topological polar surface area (TPSA) is 38.3 Å². The first-order chi connectivity index (χ1) is 9.28. The quantitative estimate of drug-likeness (QED) is 0.904. The van der Waals surface area contributed by atoms with Crippen molar-refractivity contribution in [1.82, 2.24) is 0 Å². The van der Waals surface area contributed by atoms with E-state index in [1.165, 1.54) is 19.3 Å². The molecule has 1 N–H and O–H groups in total. The Kier molecular flexibility index (Phi) is 2.38. The Balaban J connectivity index is 1.45. The minimum Gasteiger partial charge on any atom is -0.497 e. The highest BCUT2D eigenvalue weighted by atomic mass is 16.5. The third kappa shape index (κ3) is 1.67. The van der Waals surface area contributed by atoms with Gasteiger partial charge in [-0.1, -0.05) is 6.07 Å². The number of methoxy groups -OCH3 is 1. The highest BCUT2D eigenvalue weighted by molar-refractivity contribution is 5.95. The lowest BCUT2D eigenvalue weighted by molar-refractivity contribution is -0.118. The predicted molar refractivity (Wildman–Crippen MR) is 72.9 cm³/mol. The molecule has 0 aliphatic heterocycles. The van der Waals surface area contributed by atoms with Gasteiger partial charge in [-0.2, -0.15) is 0 Å². The number of benzene rings is 1. The summed E-state index contributed by atoms with van der Waals surface area (Å²) < 4.78 is 5.18. The molecular weight excluding hydrogens is 238 g/mol. The average Bonchev–Trinajstić information content (AvgIpc) is 2.88. The molecule has 1 aromatic carbocycles. The lowest BCUT2D eigenvalue weighted by Crippen LogP contribution is -2.18. The lowest BCUT2D eigenvalue weighted by atomic mass is 10.0. The fraction of sp³-hybridized carbons (Fsp3) is 0.562. The van der Waals surface area contributed by atoms with Gasteiger partial charge in [-0.05, 0) is 55.1 Å². The van der Waals surface area contributed by atoms with Gasteiger partial charge in [-0.25, -0.2) is 0 Å². The Bertz CT molecular complexity index is 511. The van der Waals surface area contributed by atoms with Crippen molar-refractivity contribution in [2.24, 2.45) is 29.6 Å². The molecule has 2 bridgehead atoms. The first kappa shape index (κ1) is 11.3. The largest absolute Gasteiger partial charge is 0.497 e. The molecule has 1 unspecified atom stereocenters. The summed E-state index contributed by atoms with van der Waals surface area (Å²) in [5.41, 5.74) is 0.849. The number of carbonyl (C=O) groups excluding carboxylic acids is 1. The van der Waals surface area contributed by atoms with Crippen LogP contribution in [0.4, 0.5) is 5.69 Å². The van der Waals surface area contributed by atoms with Gasteiger partial charge in [0, 0.05) is 17.7 Å². The summed E-state index contributed by atoms with van der Waals surface area (Å²) in [6.07, 6.45) is 4.10. The van der Waals surface area contributed by atoms with E-state index in [1.54, 1.807) is 7.11 Å². The molecule has 0 spiro atoms. The van der Waals surface area contributed by atoms with Crippen molar-refractivity contribution in [1.29, 1.82) is 0 Å². The lowest BCUT2D eigenvalue weighted by Gasteiger charge is -2.10. The summed E-state index contributed by atoms with van der Waals surface area (Å²) >= 11 is 0. The molecule has 3 aliphatic carbocycles. The average molecular weight is 257 g/mol. The predicted octanol–water partition coefficient (Wildman–Crippen LogP) is 2.93. The number of ether oxygens (including phenoxy) is 1. The number of nitrogens with one attached hydrogen (secondary N) is 1. The van der Waals surface area contributed by atoms with E-state index in [0.29, 0.717) is 11.8 Å². The van der Waals surface area contributed by atoms with Gasteiger partial charge in [-0.15, -0.1) is 0 Å². The summed E-state index contributed by atoms with van der Waals surface area (Å²) in [6.45, 7) is 0. The third-order valence-electron chi connectivity index (χ3n) is 5.38. The van der Waals surface area contributed by atoms with Crippen LogP contribution in [0.3, 0.4) is 0 Å². The smallest absolute Gasteiger partial charge is 0.228 e. The molecule has 4 rings (SSSR count). The summed E-state index contributed by atoms with van der Waals surface area (Å²) in [5.74, 6) is 4.38. The van der Waals surface area contributed by atoms with Gasteiger partial charge in [0.1, 0.15) is 5.75 Å². The Morgan fingerprint density at radius 1 is 1.26 bits per heavy atom. The fourth-order valence-corrected chi connectivity index (χ4v) is 4.60. The molecule has 0 radical (unpaired) electrons. The van der Waals surface area contributed by atoms with E-state index in [0.717, 1.165) is 23.3 Å². The second-order valence-corrected chi connectivity index (χ2v) is 6.23. The summed E-state index contributed by atoms with van der Waals surface area (Å²) in [4.78, 5) is 12.4. The van der Waals surface area contributed by atoms with Crippen LogP contribution < -0.4 is 10.1 Å². The van der Waals surface area contributed by atoms with E-state index < -0.39 is 0 Å². The Hall–Kier alpha value is -1.51. The SMILES string of the molecule is COc1cccc(NC(=O)C2[C@@H]3[C@@H]4CC[C@H](C4)[C@H]23)c1. The number of rotatable bonds is 3. The number of anilines is 1. The molecule has 3 saturated carbocycles. The zero-order chi connectivity index (χ0) is 13.0. The van der Waals surface area contributed by atoms with Crippen molar-refractivity contribution in [3.63, 3.8) is 0 Å². The molecule has 1 amide bonds. The Morgan fingerprint density at radius 2 is 2.00 bits per heavy atom. The van der Waals surface area contributed by atoms with Crippen LogP contribution in [0.1, 0.15) is 19.3 Å². The molecule has 1 aromatic rings. The van der Waals surface area contributed by atoms with Gasteiger partial charge in [0.2, 0.25) is 5.91 Å². The molecule has 19 heavy (non-hydrogen) atoms. The summed E-state index contributed by atoms with van der Waals surface area (Å²) in [7, 11) is 1.64. The van der Waals surface area contributed by atoms with Crippen LogP contribution in [0.5, 0.6) is 5.75 Å². The maximum absolute atomic E-state index is 12.4. The van der Waals surface area contributed by atoms with Crippen molar-refractivity contribution in [3.8, 4) is 5.75 Å². The van der Waals surface area contributed by atoms with E-state index in [-0.39, 0.29) is 11.8 Å². The van der Waals surface area contributed by atoms with E-state index in [1.807, 2.05) is 24.3 Å². The first-order valence-electron chi connectivity index (χ1n) is 7.23.